The normalized spacial score (nSPS) is 15.6. The van der Waals surface area contributed by atoms with E-state index in [1.54, 1.807) is 17.5 Å². The second-order valence-corrected chi connectivity index (χ2v) is 8.28. The van der Waals surface area contributed by atoms with E-state index in [4.69, 9.17) is 0 Å². The first-order valence-corrected chi connectivity index (χ1v) is 10.8. The van der Waals surface area contributed by atoms with Crippen molar-refractivity contribution in [3.05, 3.63) is 70.2 Å². The van der Waals surface area contributed by atoms with Gasteiger partial charge in [0.05, 0.1) is 5.69 Å². The molecule has 0 unspecified atom stereocenters. The lowest BCUT2D eigenvalue weighted by Gasteiger charge is -2.32. The second kappa shape index (κ2) is 8.71. The molecule has 1 N–H and O–H groups in total. The number of piperidine rings is 1. The highest BCUT2D eigenvalue weighted by Gasteiger charge is 2.20. The minimum Gasteiger partial charge on any atom is -0.352 e. The number of aryl methyl sites for hydroxylation is 1. The molecule has 146 valence electrons. The van der Waals surface area contributed by atoms with Crippen LogP contribution in [0, 0.1) is 12.8 Å². The molecule has 0 bridgehead atoms. The van der Waals surface area contributed by atoms with Crippen molar-refractivity contribution in [1.29, 1.82) is 0 Å². The third-order valence-electron chi connectivity index (χ3n) is 5.53. The number of hydrogen-bond acceptors (Lipinski definition) is 4. The molecule has 6 heteroatoms. The summed E-state index contributed by atoms with van der Waals surface area (Å²) in [4.78, 5) is 14.6. The lowest BCUT2D eigenvalue weighted by molar-refractivity contribution is 0.0935. The van der Waals surface area contributed by atoms with Crippen molar-refractivity contribution in [2.24, 2.45) is 5.92 Å². The minimum absolute atomic E-state index is 0.0524. The molecule has 1 aliphatic rings. The Bertz CT molecular complexity index is 897. The van der Waals surface area contributed by atoms with Gasteiger partial charge in [0.15, 0.2) is 0 Å². The van der Waals surface area contributed by atoms with Crippen LogP contribution in [-0.4, -0.2) is 40.2 Å². The van der Waals surface area contributed by atoms with Gasteiger partial charge in [0.2, 0.25) is 0 Å². The number of aromatic nitrogens is 2. The van der Waals surface area contributed by atoms with E-state index < -0.39 is 0 Å². The lowest BCUT2D eigenvalue weighted by atomic mass is 9.96. The Hall–Kier alpha value is -2.44. The second-order valence-electron chi connectivity index (χ2n) is 7.50. The van der Waals surface area contributed by atoms with E-state index in [1.165, 1.54) is 11.1 Å². The number of hydrogen-bond donors (Lipinski definition) is 1. The highest BCUT2D eigenvalue weighted by Crippen LogP contribution is 2.21. The van der Waals surface area contributed by atoms with E-state index in [9.17, 15) is 4.79 Å². The first kappa shape index (κ1) is 18.9. The minimum atomic E-state index is 0.0524. The first-order chi connectivity index (χ1) is 13.7. The molecule has 3 heterocycles. The molecule has 4 rings (SSSR count). The number of carbonyl (C=O) groups is 1. The molecule has 0 atom stereocenters. The topological polar surface area (TPSA) is 50.2 Å². The van der Waals surface area contributed by atoms with Gasteiger partial charge < -0.3 is 5.32 Å². The molecule has 0 spiro atoms. The summed E-state index contributed by atoms with van der Waals surface area (Å²) in [5.74, 6) is 0.624. The van der Waals surface area contributed by atoms with Crippen LogP contribution >= 0.6 is 11.3 Å². The zero-order valence-corrected chi connectivity index (χ0v) is 17.0. The summed E-state index contributed by atoms with van der Waals surface area (Å²) in [5.41, 5.74) is 4.56. The molecule has 1 amide bonds. The Morgan fingerprint density at radius 2 is 2.14 bits per heavy atom. The van der Waals surface area contributed by atoms with Crippen LogP contribution in [0.25, 0.3) is 5.69 Å². The van der Waals surface area contributed by atoms with Gasteiger partial charge in [-0.05, 0) is 79.5 Å². The maximum Gasteiger partial charge on any atom is 0.252 e. The quantitative estimate of drug-likeness (QED) is 0.690. The van der Waals surface area contributed by atoms with Gasteiger partial charge in [-0.3, -0.25) is 9.69 Å². The number of likely N-dealkylation sites (tertiary alicyclic amines) is 1. The Labute approximate surface area is 170 Å². The van der Waals surface area contributed by atoms with Crippen LogP contribution in [0.4, 0.5) is 0 Å². The van der Waals surface area contributed by atoms with Crippen LogP contribution in [0.5, 0.6) is 0 Å². The van der Waals surface area contributed by atoms with Gasteiger partial charge in [-0.2, -0.15) is 16.4 Å². The fraction of sp³-hybridized carbons (Fsp3) is 0.364. The number of amides is 1. The summed E-state index contributed by atoms with van der Waals surface area (Å²) in [6, 6.07) is 10.4. The summed E-state index contributed by atoms with van der Waals surface area (Å²) in [7, 11) is 0. The number of benzene rings is 1. The molecule has 2 aromatic heterocycles. The standard InChI is InChI=1S/C22H26N4OS/c1-17-13-21(26-9-2-8-24-26)4-3-19(17)15-25-10-5-18(6-11-25)14-23-22(27)20-7-12-28-16-20/h2-4,7-9,12-13,16,18H,5-6,10-11,14-15H2,1H3,(H,23,27). The van der Waals surface area contributed by atoms with E-state index in [-0.39, 0.29) is 5.91 Å². The fourth-order valence-corrected chi connectivity index (χ4v) is 4.38. The lowest BCUT2D eigenvalue weighted by Crippen LogP contribution is -2.38. The molecule has 1 aromatic carbocycles. The molecule has 1 fully saturated rings. The number of rotatable bonds is 6. The molecule has 28 heavy (non-hydrogen) atoms. The van der Waals surface area contributed by atoms with Crippen molar-refractivity contribution in [2.75, 3.05) is 19.6 Å². The van der Waals surface area contributed by atoms with Crippen molar-refractivity contribution < 1.29 is 4.79 Å². The number of nitrogens with zero attached hydrogens (tertiary/aromatic N) is 3. The average molecular weight is 395 g/mol. The summed E-state index contributed by atoms with van der Waals surface area (Å²) >= 11 is 1.56. The van der Waals surface area contributed by atoms with Crippen molar-refractivity contribution in [3.63, 3.8) is 0 Å². The average Bonchev–Trinajstić information content (AvgIpc) is 3.43. The fourth-order valence-electron chi connectivity index (χ4n) is 3.74. The van der Waals surface area contributed by atoms with Crippen LogP contribution in [0.2, 0.25) is 0 Å². The Morgan fingerprint density at radius 1 is 1.29 bits per heavy atom. The van der Waals surface area contributed by atoms with Crippen molar-refractivity contribution in [1.82, 2.24) is 20.0 Å². The van der Waals surface area contributed by atoms with E-state index in [2.05, 4.69) is 40.4 Å². The molecule has 0 aliphatic carbocycles. The molecular formula is C22H26N4OS. The van der Waals surface area contributed by atoms with Gasteiger partial charge >= 0.3 is 0 Å². The third kappa shape index (κ3) is 4.51. The molecule has 1 aliphatic heterocycles. The number of thiophene rings is 1. The Balaban J connectivity index is 1.26. The van der Waals surface area contributed by atoms with Crippen LogP contribution < -0.4 is 5.32 Å². The first-order valence-electron chi connectivity index (χ1n) is 9.81. The summed E-state index contributed by atoms with van der Waals surface area (Å²) in [6.07, 6.45) is 6.04. The molecule has 0 saturated carbocycles. The van der Waals surface area contributed by atoms with Crippen molar-refractivity contribution >= 4 is 17.2 Å². The van der Waals surface area contributed by atoms with E-state index in [0.717, 1.165) is 50.3 Å². The van der Waals surface area contributed by atoms with Gasteiger partial charge in [-0.1, -0.05) is 6.07 Å². The zero-order chi connectivity index (χ0) is 19.3. The molecule has 5 nitrogen and oxygen atoms in total. The van der Waals surface area contributed by atoms with Crippen LogP contribution in [0.15, 0.2) is 53.5 Å². The summed E-state index contributed by atoms with van der Waals surface area (Å²) in [6.45, 7) is 6.10. The summed E-state index contributed by atoms with van der Waals surface area (Å²) < 4.78 is 1.90. The highest BCUT2D eigenvalue weighted by molar-refractivity contribution is 7.08. The Morgan fingerprint density at radius 3 is 2.82 bits per heavy atom. The van der Waals surface area contributed by atoms with Crippen LogP contribution in [0.3, 0.4) is 0 Å². The monoisotopic (exact) mass is 394 g/mol. The van der Waals surface area contributed by atoms with Gasteiger partial charge in [0.1, 0.15) is 0 Å². The van der Waals surface area contributed by atoms with Gasteiger partial charge in [0.25, 0.3) is 5.91 Å². The molecule has 3 aromatic rings. The zero-order valence-electron chi connectivity index (χ0n) is 16.2. The number of nitrogens with one attached hydrogen (secondary N) is 1. The van der Waals surface area contributed by atoms with Crippen LogP contribution in [-0.2, 0) is 6.54 Å². The SMILES string of the molecule is Cc1cc(-n2cccn2)ccc1CN1CCC(CNC(=O)c2ccsc2)CC1. The Kier molecular flexibility index (Phi) is 5.88. The molecule has 0 radical (unpaired) electrons. The summed E-state index contributed by atoms with van der Waals surface area (Å²) in [5, 5.41) is 11.2. The maximum atomic E-state index is 12.1. The van der Waals surface area contributed by atoms with Gasteiger partial charge in [0, 0.05) is 36.4 Å². The molecular weight excluding hydrogens is 368 g/mol. The van der Waals surface area contributed by atoms with Crippen LogP contribution in [0.1, 0.15) is 34.3 Å². The van der Waals surface area contributed by atoms with Gasteiger partial charge in [-0.25, -0.2) is 4.68 Å². The van der Waals surface area contributed by atoms with E-state index in [1.807, 2.05) is 33.8 Å². The molecule has 1 saturated heterocycles. The van der Waals surface area contributed by atoms with Gasteiger partial charge in [-0.15, -0.1) is 0 Å². The highest BCUT2D eigenvalue weighted by atomic mass is 32.1. The largest absolute Gasteiger partial charge is 0.352 e. The number of carbonyl (C=O) groups excluding carboxylic acids is 1. The third-order valence-corrected chi connectivity index (χ3v) is 6.21. The van der Waals surface area contributed by atoms with E-state index >= 15 is 0 Å². The van der Waals surface area contributed by atoms with Crippen molar-refractivity contribution in [3.8, 4) is 5.69 Å². The maximum absolute atomic E-state index is 12.1. The van der Waals surface area contributed by atoms with Crippen molar-refractivity contribution in [2.45, 2.75) is 26.3 Å². The predicted molar refractivity (Wildman–Crippen MR) is 113 cm³/mol. The van der Waals surface area contributed by atoms with E-state index in [0.29, 0.717) is 5.92 Å². The smallest absolute Gasteiger partial charge is 0.252 e. The predicted octanol–water partition coefficient (Wildman–Crippen LogP) is 3.88.